The summed E-state index contributed by atoms with van der Waals surface area (Å²) in [7, 11) is 0. The predicted molar refractivity (Wildman–Crippen MR) is 76.8 cm³/mol. The maximum absolute atomic E-state index is 12.0. The fraction of sp³-hybridized carbons (Fsp3) is 0.533. The van der Waals surface area contributed by atoms with Crippen molar-refractivity contribution in [3.8, 4) is 0 Å². The number of nitrogens with one attached hydrogen (secondary N) is 1. The number of rotatable bonds is 7. The van der Waals surface area contributed by atoms with Crippen LogP contribution in [-0.2, 0) is 6.54 Å². The summed E-state index contributed by atoms with van der Waals surface area (Å²) >= 11 is 0. The standard InChI is InChI=1S/C15H24N2O2/c1-3-15(4-2,11-18)10-17-14(19)13-7-5-12(9-16)6-8-13/h5-8,18H,3-4,9-11,16H2,1-2H3,(H,17,19). The Balaban J connectivity index is 2.63. The highest BCUT2D eigenvalue weighted by molar-refractivity contribution is 5.94. The van der Waals surface area contributed by atoms with Crippen LogP contribution in [0.25, 0.3) is 0 Å². The molecule has 106 valence electrons. The van der Waals surface area contributed by atoms with Crippen LogP contribution in [0.5, 0.6) is 0 Å². The minimum Gasteiger partial charge on any atom is -0.396 e. The van der Waals surface area contributed by atoms with Crippen molar-refractivity contribution in [3.05, 3.63) is 35.4 Å². The molecule has 0 saturated heterocycles. The first-order valence-electron chi connectivity index (χ1n) is 6.79. The summed E-state index contributed by atoms with van der Waals surface area (Å²) in [6, 6.07) is 7.26. The number of hydrogen-bond donors (Lipinski definition) is 3. The number of carbonyl (C=O) groups is 1. The number of aliphatic hydroxyl groups excluding tert-OH is 1. The molecular formula is C15H24N2O2. The van der Waals surface area contributed by atoms with E-state index in [1.807, 2.05) is 26.0 Å². The molecule has 0 saturated carbocycles. The minimum absolute atomic E-state index is 0.0897. The van der Waals surface area contributed by atoms with E-state index in [0.717, 1.165) is 18.4 Å². The van der Waals surface area contributed by atoms with Gasteiger partial charge in [-0.2, -0.15) is 0 Å². The van der Waals surface area contributed by atoms with E-state index in [0.29, 0.717) is 18.7 Å². The smallest absolute Gasteiger partial charge is 0.251 e. The van der Waals surface area contributed by atoms with Crippen molar-refractivity contribution < 1.29 is 9.90 Å². The number of hydrogen-bond acceptors (Lipinski definition) is 3. The average molecular weight is 264 g/mol. The Morgan fingerprint density at radius 2 is 1.84 bits per heavy atom. The van der Waals surface area contributed by atoms with Gasteiger partial charge in [0.15, 0.2) is 0 Å². The highest BCUT2D eigenvalue weighted by atomic mass is 16.3. The molecule has 0 heterocycles. The molecule has 0 unspecified atom stereocenters. The molecular weight excluding hydrogens is 240 g/mol. The molecule has 4 nitrogen and oxygen atoms in total. The van der Waals surface area contributed by atoms with Gasteiger partial charge in [0.2, 0.25) is 0 Å². The summed E-state index contributed by atoms with van der Waals surface area (Å²) in [6.07, 6.45) is 1.68. The zero-order valence-electron chi connectivity index (χ0n) is 11.8. The molecule has 0 atom stereocenters. The zero-order chi connectivity index (χ0) is 14.3. The van der Waals surface area contributed by atoms with E-state index in [1.54, 1.807) is 12.1 Å². The van der Waals surface area contributed by atoms with Crippen LogP contribution in [0, 0.1) is 5.41 Å². The molecule has 1 amide bonds. The first kappa shape index (κ1) is 15.7. The van der Waals surface area contributed by atoms with Crippen LogP contribution >= 0.6 is 0 Å². The molecule has 0 spiro atoms. The number of benzene rings is 1. The lowest BCUT2D eigenvalue weighted by atomic mass is 9.83. The predicted octanol–water partition coefficient (Wildman–Crippen LogP) is 1.67. The van der Waals surface area contributed by atoms with Crippen molar-refractivity contribution in [2.45, 2.75) is 33.2 Å². The normalized spacial score (nSPS) is 11.4. The molecule has 19 heavy (non-hydrogen) atoms. The summed E-state index contributed by atoms with van der Waals surface area (Å²) in [4.78, 5) is 12.0. The Labute approximate surface area is 115 Å². The molecule has 0 bridgehead atoms. The van der Waals surface area contributed by atoms with Crippen molar-refractivity contribution in [3.63, 3.8) is 0 Å². The third kappa shape index (κ3) is 4.04. The maximum atomic E-state index is 12.0. The van der Waals surface area contributed by atoms with Crippen molar-refractivity contribution in [1.29, 1.82) is 0 Å². The topological polar surface area (TPSA) is 75.3 Å². The summed E-state index contributed by atoms with van der Waals surface area (Å²) in [5, 5.41) is 12.4. The van der Waals surface area contributed by atoms with Gasteiger partial charge in [-0.15, -0.1) is 0 Å². The van der Waals surface area contributed by atoms with Gasteiger partial charge in [-0.25, -0.2) is 0 Å². The summed E-state index contributed by atoms with van der Waals surface area (Å²) < 4.78 is 0. The largest absolute Gasteiger partial charge is 0.396 e. The molecule has 0 radical (unpaired) electrons. The Bertz CT molecular complexity index is 389. The van der Waals surface area contributed by atoms with Gasteiger partial charge in [0.25, 0.3) is 5.91 Å². The van der Waals surface area contributed by atoms with Gasteiger partial charge in [0.05, 0.1) is 6.61 Å². The number of aliphatic hydroxyl groups is 1. The Morgan fingerprint density at radius 1 is 1.26 bits per heavy atom. The SMILES string of the molecule is CCC(CC)(CO)CNC(=O)c1ccc(CN)cc1. The van der Waals surface area contributed by atoms with Gasteiger partial charge in [-0.1, -0.05) is 26.0 Å². The third-order valence-corrected chi connectivity index (χ3v) is 3.91. The quantitative estimate of drug-likeness (QED) is 0.701. The van der Waals surface area contributed by atoms with Crippen molar-refractivity contribution in [2.75, 3.05) is 13.2 Å². The van der Waals surface area contributed by atoms with Crippen molar-refractivity contribution in [2.24, 2.45) is 11.1 Å². The number of carbonyl (C=O) groups excluding carboxylic acids is 1. The van der Waals surface area contributed by atoms with Crippen LogP contribution in [-0.4, -0.2) is 24.2 Å². The molecule has 1 aromatic rings. The van der Waals surface area contributed by atoms with Crippen LogP contribution in [0.1, 0.15) is 42.6 Å². The second-order valence-corrected chi connectivity index (χ2v) is 4.95. The lowest BCUT2D eigenvalue weighted by Crippen LogP contribution is -2.39. The molecule has 1 aromatic carbocycles. The van der Waals surface area contributed by atoms with E-state index in [1.165, 1.54) is 0 Å². The van der Waals surface area contributed by atoms with Crippen LogP contribution < -0.4 is 11.1 Å². The van der Waals surface area contributed by atoms with E-state index in [2.05, 4.69) is 5.32 Å². The van der Waals surface area contributed by atoms with Crippen LogP contribution in [0.2, 0.25) is 0 Å². The molecule has 0 aromatic heterocycles. The van der Waals surface area contributed by atoms with Crippen LogP contribution in [0.4, 0.5) is 0 Å². The summed E-state index contributed by atoms with van der Waals surface area (Å²) in [5.74, 6) is -0.108. The van der Waals surface area contributed by atoms with Crippen molar-refractivity contribution >= 4 is 5.91 Å². The van der Waals surface area contributed by atoms with E-state index < -0.39 is 0 Å². The average Bonchev–Trinajstić information content (AvgIpc) is 2.49. The van der Waals surface area contributed by atoms with Gasteiger partial charge in [0, 0.05) is 24.1 Å². The van der Waals surface area contributed by atoms with Gasteiger partial charge in [-0.05, 0) is 30.5 Å². The molecule has 0 aliphatic rings. The van der Waals surface area contributed by atoms with Gasteiger partial charge in [0.1, 0.15) is 0 Å². The van der Waals surface area contributed by atoms with Gasteiger partial charge >= 0.3 is 0 Å². The zero-order valence-corrected chi connectivity index (χ0v) is 11.8. The molecule has 4 N–H and O–H groups in total. The van der Waals surface area contributed by atoms with E-state index in [9.17, 15) is 9.90 Å². The maximum Gasteiger partial charge on any atom is 0.251 e. The Kier molecular flexibility index (Phi) is 5.99. The lowest BCUT2D eigenvalue weighted by Gasteiger charge is -2.29. The van der Waals surface area contributed by atoms with Gasteiger partial charge in [-0.3, -0.25) is 4.79 Å². The third-order valence-electron chi connectivity index (χ3n) is 3.91. The van der Waals surface area contributed by atoms with Crippen molar-refractivity contribution in [1.82, 2.24) is 5.32 Å². The van der Waals surface area contributed by atoms with Crippen LogP contribution in [0.3, 0.4) is 0 Å². The first-order valence-corrected chi connectivity index (χ1v) is 6.79. The van der Waals surface area contributed by atoms with Crippen LogP contribution in [0.15, 0.2) is 24.3 Å². The molecule has 0 fully saturated rings. The number of amides is 1. The molecule has 0 aliphatic heterocycles. The van der Waals surface area contributed by atoms with E-state index in [-0.39, 0.29) is 17.9 Å². The monoisotopic (exact) mass is 264 g/mol. The molecule has 0 aliphatic carbocycles. The number of nitrogens with two attached hydrogens (primary N) is 1. The van der Waals surface area contributed by atoms with E-state index >= 15 is 0 Å². The highest BCUT2D eigenvalue weighted by Gasteiger charge is 2.25. The first-order chi connectivity index (χ1) is 9.10. The summed E-state index contributed by atoms with van der Waals surface area (Å²) in [5.41, 5.74) is 6.93. The molecule has 1 rings (SSSR count). The highest BCUT2D eigenvalue weighted by Crippen LogP contribution is 2.24. The second-order valence-electron chi connectivity index (χ2n) is 4.95. The fourth-order valence-corrected chi connectivity index (χ4v) is 1.94. The summed E-state index contributed by atoms with van der Waals surface area (Å²) in [6.45, 7) is 5.12. The lowest BCUT2D eigenvalue weighted by molar-refractivity contribution is 0.0851. The van der Waals surface area contributed by atoms with E-state index in [4.69, 9.17) is 5.73 Å². The second kappa shape index (κ2) is 7.26. The minimum atomic E-state index is -0.215. The Morgan fingerprint density at radius 3 is 2.26 bits per heavy atom. The molecule has 4 heteroatoms. The fourth-order valence-electron chi connectivity index (χ4n) is 1.94. The van der Waals surface area contributed by atoms with Gasteiger partial charge < -0.3 is 16.2 Å². The Hall–Kier alpha value is -1.39.